The van der Waals surface area contributed by atoms with E-state index in [1.54, 1.807) is 19.1 Å². The number of carbonyl (C=O) groups is 1. The molecule has 126 valence electrons. The molecule has 0 bridgehead atoms. The molecule has 0 unspecified atom stereocenters. The molecule has 0 spiro atoms. The van der Waals surface area contributed by atoms with Gasteiger partial charge in [0.1, 0.15) is 5.82 Å². The van der Waals surface area contributed by atoms with Crippen LogP contribution in [-0.4, -0.2) is 21.9 Å². The molecule has 1 amide bonds. The molecule has 0 atom stereocenters. The smallest absolute Gasteiger partial charge is 0.255 e. The first-order chi connectivity index (χ1) is 11.5. The van der Waals surface area contributed by atoms with Gasteiger partial charge in [-0.05, 0) is 37.5 Å². The molecular formula is C17H18FN3O2S. The summed E-state index contributed by atoms with van der Waals surface area (Å²) in [6.07, 6.45) is 2.07. The molecule has 1 aromatic carbocycles. The van der Waals surface area contributed by atoms with Crippen LogP contribution in [0.25, 0.3) is 0 Å². The van der Waals surface area contributed by atoms with Crippen molar-refractivity contribution in [3.05, 3.63) is 57.3 Å². The maximum absolute atomic E-state index is 12.9. The summed E-state index contributed by atoms with van der Waals surface area (Å²) in [5.74, 6) is 0.157. The monoisotopic (exact) mass is 347 g/mol. The van der Waals surface area contributed by atoms with Gasteiger partial charge in [0.2, 0.25) is 5.91 Å². The summed E-state index contributed by atoms with van der Waals surface area (Å²) in [5.41, 5.74) is 1.62. The average Bonchev–Trinajstić information content (AvgIpc) is 3.34. The van der Waals surface area contributed by atoms with E-state index >= 15 is 0 Å². The number of hydrogen-bond acceptors (Lipinski definition) is 4. The highest BCUT2D eigenvalue weighted by atomic mass is 32.2. The Morgan fingerprint density at radius 1 is 1.38 bits per heavy atom. The van der Waals surface area contributed by atoms with Crippen molar-refractivity contribution in [2.24, 2.45) is 0 Å². The number of aryl methyl sites for hydroxylation is 1. The van der Waals surface area contributed by atoms with Crippen molar-refractivity contribution in [3.63, 3.8) is 0 Å². The lowest BCUT2D eigenvalue weighted by Crippen LogP contribution is -2.30. The second kappa shape index (κ2) is 7.17. The normalized spacial score (nSPS) is 13.8. The highest BCUT2D eigenvalue weighted by Crippen LogP contribution is 2.20. The Bertz CT molecular complexity index is 800. The minimum atomic E-state index is -0.282. The fourth-order valence-electron chi connectivity index (χ4n) is 2.26. The number of halogens is 1. The number of aromatic nitrogens is 2. The predicted octanol–water partition coefficient (Wildman–Crippen LogP) is 2.33. The van der Waals surface area contributed by atoms with E-state index in [1.807, 2.05) is 0 Å². The first-order valence-electron chi connectivity index (χ1n) is 7.77. The van der Waals surface area contributed by atoms with Gasteiger partial charge < -0.3 is 10.3 Å². The topological polar surface area (TPSA) is 74.8 Å². The molecule has 7 heteroatoms. The Balaban J connectivity index is 1.65. The molecule has 0 radical (unpaired) electrons. The molecule has 1 heterocycles. The third-order valence-electron chi connectivity index (χ3n) is 3.77. The van der Waals surface area contributed by atoms with Gasteiger partial charge in [-0.15, -0.1) is 0 Å². The van der Waals surface area contributed by atoms with E-state index in [4.69, 9.17) is 0 Å². The average molecular weight is 347 g/mol. The standard InChI is InChI=1S/C17H18FN3O2S/c1-10-14(8-15(22)20-13-6-7-13)16(23)21-17(19-10)24-9-11-2-4-12(18)5-3-11/h2-5,13H,6-9H2,1H3,(H,20,22)(H,19,21,23). The molecule has 24 heavy (non-hydrogen) atoms. The summed E-state index contributed by atoms with van der Waals surface area (Å²) in [6, 6.07) is 6.47. The van der Waals surface area contributed by atoms with E-state index in [0.29, 0.717) is 22.2 Å². The molecule has 3 rings (SSSR count). The van der Waals surface area contributed by atoms with Crippen molar-refractivity contribution in [3.8, 4) is 0 Å². The Hall–Kier alpha value is -2.15. The lowest BCUT2D eigenvalue weighted by molar-refractivity contribution is -0.120. The number of amides is 1. The summed E-state index contributed by atoms with van der Waals surface area (Å²) in [5, 5.41) is 3.36. The molecule has 5 nitrogen and oxygen atoms in total. The van der Waals surface area contributed by atoms with Gasteiger partial charge in [-0.2, -0.15) is 0 Å². The molecule has 2 N–H and O–H groups in total. The number of thioether (sulfide) groups is 1. The van der Waals surface area contributed by atoms with Gasteiger partial charge in [0.25, 0.3) is 5.56 Å². The molecule has 1 fully saturated rings. The Morgan fingerprint density at radius 3 is 2.71 bits per heavy atom. The van der Waals surface area contributed by atoms with Crippen LogP contribution in [0.15, 0.2) is 34.2 Å². The van der Waals surface area contributed by atoms with Crippen LogP contribution >= 0.6 is 11.8 Å². The number of hydrogen-bond donors (Lipinski definition) is 2. The van der Waals surface area contributed by atoms with E-state index in [2.05, 4.69) is 15.3 Å². The van der Waals surface area contributed by atoms with Crippen molar-refractivity contribution < 1.29 is 9.18 Å². The largest absolute Gasteiger partial charge is 0.353 e. The highest BCUT2D eigenvalue weighted by molar-refractivity contribution is 7.98. The Labute approximate surface area is 143 Å². The van der Waals surface area contributed by atoms with Crippen LogP contribution in [0.5, 0.6) is 0 Å². The first kappa shape index (κ1) is 16.7. The van der Waals surface area contributed by atoms with Gasteiger partial charge in [0.15, 0.2) is 5.16 Å². The fourth-order valence-corrected chi connectivity index (χ4v) is 3.12. The zero-order chi connectivity index (χ0) is 17.1. The molecular weight excluding hydrogens is 329 g/mol. The third kappa shape index (κ3) is 4.44. The third-order valence-corrected chi connectivity index (χ3v) is 4.71. The summed E-state index contributed by atoms with van der Waals surface area (Å²) in [6.45, 7) is 1.73. The van der Waals surface area contributed by atoms with Gasteiger partial charge in [0.05, 0.1) is 6.42 Å². The van der Waals surface area contributed by atoms with Gasteiger partial charge in [-0.1, -0.05) is 23.9 Å². The van der Waals surface area contributed by atoms with Crippen molar-refractivity contribution in [1.29, 1.82) is 0 Å². The summed E-state index contributed by atoms with van der Waals surface area (Å²) in [7, 11) is 0. The van der Waals surface area contributed by atoms with E-state index in [1.165, 1.54) is 23.9 Å². The second-order valence-corrected chi connectivity index (χ2v) is 6.83. The van der Waals surface area contributed by atoms with Crippen LogP contribution in [0.1, 0.15) is 29.7 Å². The van der Waals surface area contributed by atoms with Crippen LogP contribution in [0.3, 0.4) is 0 Å². The van der Waals surface area contributed by atoms with Crippen LogP contribution in [-0.2, 0) is 17.0 Å². The maximum Gasteiger partial charge on any atom is 0.255 e. The molecule has 1 aromatic heterocycles. The van der Waals surface area contributed by atoms with Crippen LogP contribution in [0.2, 0.25) is 0 Å². The van der Waals surface area contributed by atoms with Crippen molar-refractivity contribution >= 4 is 17.7 Å². The zero-order valence-corrected chi connectivity index (χ0v) is 14.1. The van der Waals surface area contributed by atoms with E-state index < -0.39 is 0 Å². The Kier molecular flexibility index (Phi) is 4.99. The quantitative estimate of drug-likeness (QED) is 0.621. The van der Waals surface area contributed by atoms with Crippen molar-refractivity contribution in [2.75, 3.05) is 0 Å². The van der Waals surface area contributed by atoms with Crippen molar-refractivity contribution in [1.82, 2.24) is 15.3 Å². The number of nitrogens with zero attached hydrogens (tertiary/aromatic N) is 1. The van der Waals surface area contributed by atoms with E-state index in [-0.39, 0.29) is 29.7 Å². The number of carbonyl (C=O) groups excluding carboxylic acids is 1. The van der Waals surface area contributed by atoms with Gasteiger partial charge in [-0.3, -0.25) is 9.59 Å². The van der Waals surface area contributed by atoms with E-state index in [0.717, 1.165) is 18.4 Å². The SMILES string of the molecule is Cc1nc(SCc2ccc(F)cc2)[nH]c(=O)c1CC(=O)NC1CC1. The van der Waals surface area contributed by atoms with Crippen LogP contribution in [0.4, 0.5) is 4.39 Å². The molecule has 1 saturated carbocycles. The van der Waals surface area contributed by atoms with Gasteiger partial charge in [0, 0.05) is 23.1 Å². The number of benzene rings is 1. The number of nitrogens with one attached hydrogen (secondary N) is 2. The van der Waals surface area contributed by atoms with Gasteiger partial charge in [-0.25, -0.2) is 9.37 Å². The highest BCUT2D eigenvalue weighted by Gasteiger charge is 2.24. The van der Waals surface area contributed by atoms with E-state index in [9.17, 15) is 14.0 Å². The molecule has 0 saturated heterocycles. The summed E-state index contributed by atoms with van der Waals surface area (Å²) < 4.78 is 12.9. The zero-order valence-electron chi connectivity index (χ0n) is 13.3. The minimum Gasteiger partial charge on any atom is -0.353 e. The number of H-pyrrole nitrogens is 1. The lowest BCUT2D eigenvalue weighted by Gasteiger charge is -2.07. The molecule has 2 aromatic rings. The lowest BCUT2D eigenvalue weighted by atomic mass is 10.1. The van der Waals surface area contributed by atoms with Gasteiger partial charge >= 0.3 is 0 Å². The Morgan fingerprint density at radius 2 is 2.08 bits per heavy atom. The summed E-state index contributed by atoms with van der Waals surface area (Å²) >= 11 is 1.37. The molecule has 0 aliphatic heterocycles. The maximum atomic E-state index is 12.9. The summed E-state index contributed by atoms with van der Waals surface area (Å²) in [4.78, 5) is 31.2. The van der Waals surface area contributed by atoms with Crippen LogP contribution in [0, 0.1) is 12.7 Å². The van der Waals surface area contributed by atoms with Crippen molar-refractivity contribution in [2.45, 2.75) is 43.1 Å². The minimum absolute atomic E-state index is 0.0492. The molecule has 1 aliphatic carbocycles. The predicted molar refractivity (Wildman–Crippen MR) is 90.4 cm³/mol. The first-order valence-corrected chi connectivity index (χ1v) is 8.76. The number of aromatic amines is 1. The second-order valence-electron chi connectivity index (χ2n) is 5.87. The fraction of sp³-hybridized carbons (Fsp3) is 0.353. The number of rotatable bonds is 6. The molecule has 1 aliphatic rings. The van der Waals surface area contributed by atoms with Crippen LogP contribution < -0.4 is 10.9 Å².